The molecule has 5 heteroatoms. The Balaban J connectivity index is 2.15. The maximum absolute atomic E-state index is 6.05. The van der Waals surface area contributed by atoms with E-state index in [0.717, 1.165) is 32.3 Å². The van der Waals surface area contributed by atoms with Gasteiger partial charge in [-0.25, -0.2) is 0 Å². The van der Waals surface area contributed by atoms with E-state index in [1.54, 1.807) is 7.11 Å². The van der Waals surface area contributed by atoms with Crippen molar-refractivity contribution in [2.45, 2.75) is 51.5 Å². The Morgan fingerprint density at radius 2 is 2.00 bits per heavy atom. The summed E-state index contributed by atoms with van der Waals surface area (Å²) in [5, 5.41) is 0. The van der Waals surface area contributed by atoms with E-state index in [1.165, 1.54) is 0 Å². The Bertz CT molecular complexity index is 225. The molecule has 0 N–H and O–H groups in total. The lowest BCUT2D eigenvalue weighted by Gasteiger charge is -2.33. The van der Waals surface area contributed by atoms with Crippen LogP contribution in [0.1, 0.15) is 27.2 Å². The molecule has 2 unspecified atom stereocenters. The highest BCUT2D eigenvalue weighted by atomic mass is 28.4. The molecule has 0 aromatic carbocycles. The smallest absolute Gasteiger partial charge is 0.335 e. The zero-order chi connectivity index (χ0) is 12.9. The van der Waals surface area contributed by atoms with Crippen LogP contribution in [0.3, 0.4) is 0 Å². The zero-order valence-electron chi connectivity index (χ0n) is 11.7. The third kappa shape index (κ3) is 7.16. The highest BCUT2D eigenvalue weighted by Crippen LogP contribution is 2.22. The fraction of sp³-hybridized carbons (Fsp3) is 1.00. The molecule has 1 rings (SSSR count). The Hall–Kier alpha value is 0.0569. The summed E-state index contributed by atoms with van der Waals surface area (Å²) in [6.45, 7) is 10.7. The second-order valence-electron chi connectivity index (χ2n) is 5.69. The van der Waals surface area contributed by atoms with Crippen LogP contribution in [-0.4, -0.2) is 47.2 Å². The summed E-state index contributed by atoms with van der Waals surface area (Å²) in [6.07, 6.45) is 1.34. The third-order valence-electron chi connectivity index (χ3n) is 2.58. The van der Waals surface area contributed by atoms with Crippen LogP contribution >= 0.6 is 0 Å². The van der Waals surface area contributed by atoms with E-state index in [0.29, 0.717) is 6.10 Å². The monoisotopic (exact) mass is 262 g/mol. The molecule has 2 atom stereocenters. The van der Waals surface area contributed by atoms with Gasteiger partial charge in [0.2, 0.25) is 0 Å². The van der Waals surface area contributed by atoms with Gasteiger partial charge in [0.1, 0.15) is 6.10 Å². The SMILES string of the molecule is CO[Si](C)(CCCOCC1CO1)OC(C)(C)C. The molecule has 0 amide bonds. The molecule has 0 aliphatic carbocycles. The first-order valence-electron chi connectivity index (χ1n) is 6.29. The van der Waals surface area contributed by atoms with Crippen LogP contribution in [0.2, 0.25) is 12.6 Å². The zero-order valence-corrected chi connectivity index (χ0v) is 12.7. The van der Waals surface area contributed by atoms with Crippen molar-refractivity contribution in [3.05, 3.63) is 0 Å². The largest absolute Gasteiger partial charge is 0.398 e. The van der Waals surface area contributed by atoms with Gasteiger partial charge in [-0.2, -0.15) is 0 Å². The van der Waals surface area contributed by atoms with E-state index < -0.39 is 8.56 Å². The number of epoxide rings is 1. The van der Waals surface area contributed by atoms with Crippen molar-refractivity contribution >= 4 is 8.56 Å². The average molecular weight is 262 g/mol. The molecule has 0 aromatic heterocycles. The summed E-state index contributed by atoms with van der Waals surface area (Å²) < 4.78 is 22.2. The molecule has 0 radical (unpaired) electrons. The normalized spacial score (nSPS) is 23.5. The van der Waals surface area contributed by atoms with Gasteiger partial charge in [-0.15, -0.1) is 0 Å². The van der Waals surface area contributed by atoms with Gasteiger partial charge in [-0.3, -0.25) is 0 Å². The fourth-order valence-electron chi connectivity index (χ4n) is 1.72. The lowest BCUT2D eigenvalue weighted by atomic mass is 10.2. The van der Waals surface area contributed by atoms with Crippen LogP contribution in [0.5, 0.6) is 0 Å². The second-order valence-corrected chi connectivity index (χ2v) is 9.07. The van der Waals surface area contributed by atoms with Gasteiger partial charge in [0.25, 0.3) is 0 Å². The maximum Gasteiger partial charge on any atom is 0.335 e. The number of ether oxygens (including phenoxy) is 2. The standard InChI is InChI=1S/C12H26O4Si/c1-12(2,3)16-17(5,13-4)8-6-7-14-9-11-10-15-11/h11H,6-10H2,1-5H3. The van der Waals surface area contributed by atoms with Crippen LogP contribution < -0.4 is 0 Å². The quantitative estimate of drug-likeness (QED) is 0.382. The molecule has 17 heavy (non-hydrogen) atoms. The molecule has 1 aliphatic heterocycles. The van der Waals surface area contributed by atoms with E-state index in [2.05, 4.69) is 27.3 Å². The second kappa shape index (κ2) is 6.29. The first-order chi connectivity index (χ1) is 7.85. The molecule has 0 aromatic rings. The summed E-state index contributed by atoms with van der Waals surface area (Å²) in [5.74, 6) is 0. The number of hydrogen-bond donors (Lipinski definition) is 0. The predicted molar refractivity (Wildman–Crippen MR) is 69.4 cm³/mol. The molecular weight excluding hydrogens is 236 g/mol. The molecule has 0 spiro atoms. The predicted octanol–water partition coefficient (Wildman–Crippen LogP) is 2.33. The third-order valence-corrected chi connectivity index (χ3v) is 5.75. The molecule has 102 valence electrons. The summed E-state index contributed by atoms with van der Waals surface area (Å²) in [4.78, 5) is 0. The maximum atomic E-state index is 6.05. The molecule has 4 nitrogen and oxygen atoms in total. The van der Waals surface area contributed by atoms with Crippen molar-refractivity contribution in [3.63, 3.8) is 0 Å². The van der Waals surface area contributed by atoms with Crippen LogP contribution in [0, 0.1) is 0 Å². The van der Waals surface area contributed by atoms with Crippen molar-refractivity contribution in [3.8, 4) is 0 Å². The summed E-state index contributed by atoms with van der Waals surface area (Å²) >= 11 is 0. The van der Waals surface area contributed by atoms with Gasteiger partial charge < -0.3 is 18.3 Å². The summed E-state index contributed by atoms with van der Waals surface area (Å²) in [5.41, 5.74) is -0.139. The molecular formula is C12H26O4Si. The molecule has 1 saturated heterocycles. The summed E-state index contributed by atoms with van der Waals surface area (Å²) in [6, 6.07) is 0.965. The summed E-state index contributed by atoms with van der Waals surface area (Å²) in [7, 11) is -0.285. The number of rotatable bonds is 8. The van der Waals surface area contributed by atoms with Gasteiger partial charge in [0, 0.05) is 13.7 Å². The molecule has 1 fully saturated rings. The minimum atomic E-state index is -2.03. The van der Waals surface area contributed by atoms with Crippen molar-refractivity contribution in [2.75, 3.05) is 26.9 Å². The van der Waals surface area contributed by atoms with E-state index in [9.17, 15) is 0 Å². The van der Waals surface area contributed by atoms with E-state index in [-0.39, 0.29) is 5.60 Å². The molecule has 0 bridgehead atoms. The molecule has 1 heterocycles. The van der Waals surface area contributed by atoms with Crippen LogP contribution in [0.4, 0.5) is 0 Å². The van der Waals surface area contributed by atoms with Crippen LogP contribution in [0.25, 0.3) is 0 Å². The minimum Gasteiger partial charge on any atom is -0.398 e. The van der Waals surface area contributed by atoms with Crippen molar-refractivity contribution in [1.82, 2.24) is 0 Å². The highest BCUT2D eigenvalue weighted by Gasteiger charge is 2.34. The molecule has 0 saturated carbocycles. The van der Waals surface area contributed by atoms with Gasteiger partial charge in [-0.05, 0) is 39.8 Å². The van der Waals surface area contributed by atoms with Gasteiger partial charge in [-0.1, -0.05) is 0 Å². The van der Waals surface area contributed by atoms with Crippen molar-refractivity contribution in [1.29, 1.82) is 0 Å². The topological polar surface area (TPSA) is 40.2 Å². The lowest BCUT2D eigenvalue weighted by Crippen LogP contribution is -2.44. The van der Waals surface area contributed by atoms with Crippen LogP contribution in [0.15, 0.2) is 0 Å². The Morgan fingerprint density at radius 1 is 1.35 bits per heavy atom. The van der Waals surface area contributed by atoms with Gasteiger partial charge in [0.15, 0.2) is 0 Å². The van der Waals surface area contributed by atoms with Crippen molar-refractivity contribution in [2.24, 2.45) is 0 Å². The first kappa shape index (κ1) is 15.1. The highest BCUT2D eigenvalue weighted by molar-refractivity contribution is 6.66. The number of hydrogen-bond acceptors (Lipinski definition) is 4. The first-order valence-corrected chi connectivity index (χ1v) is 8.82. The van der Waals surface area contributed by atoms with Crippen LogP contribution in [-0.2, 0) is 18.3 Å². The van der Waals surface area contributed by atoms with E-state index in [4.69, 9.17) is 18.3 Å². The van der Waals surface area contributed by atoms with Crippen molar-refractivity contribution < 1.29 is 18.3 Å². The fourth-order valence-corrected chi connectivity index (χ4v) is 4.19. The Kier molecular flexibility index (Phi) is 5.59. The molecule has 1 aliphatic rings. The minimum absolute atomic E-state index is 0.139. The van der Waals surface area contributed by atoms with E-state index in [1.807, 2.05) is 0 Å². The Morgan fingerprint density at radius 3 is 2.47 bits per heavy atom. The van der Waals surface area contributed by atoms with Gasteiger partial charge in [0.05, 0.1) is 18.8 Å². The van der Waals surface area contributed by atoms with Gasteiger partial charge >= 0.3 is 8.56 Å². The van der Waals surface area contributed by atoms with E-state index >= 15 is 0 Å². The Labute approximate surface area is 106 Å². The lowest BCUT2D eigenvalue weighted by molar-refractivity contribution is 0.0720. The average Bonchev–Trinajstić information content (AvgIpc) is 2.98.